The van der Waals surface area contributed by atoms with Crippen LogP contribution in [0.4, 0.5) is 0 Å². The minimum Gasteiger partial charge on any atom is -0.483 e. The van der Waals surface area contributed by atoms with Gasteiger partial charge >= 0.3 is 0 Å². The van der Waals surface area contributed by atoms with Crippen molar-refractivity contribution < 1.29 is 14.6 Å². The first-order chi connectivity index (χ1) is 8.04. The van der Waals surface area contributed by atoms with Crippen LogP contribution in [-0.4, -0.2) is 23.7 Å². The van der Waals surface area contributed by atoms with E-state index >= 15 is 0 Å². The van der Waals surface area contributed by atoms with E-state index in [9.17, 15) is 9.90 Å². The van der Waals surface area contributed by atoms with Crippen molar-refractivity contribution in [3.8, 4) is 5.75 Å². The highest BCUT2D eigenvalue weighted by Crippen LogP contribution is 2.23. The van der Waals surface area contributed by atoms with Gasteiger partial charge < -0.3 is 15.2 Å². The maximum absolute atomic E-state index is 11.4. The summed E-state index contributed by atoms with van der Waals surface area (Å²) < 4.78 is 5.45. The van der Waals surface area contributed by atoms with Gasteiger partial charge in [0.1, 0.15) is 5.75 Å². The number of carbonyl (C=O) groups is 1. The number of carbonyl (C=O) groups excluding carboxylic acids is 1. The van der Waals surface area contributed by atoms with Crippen molar-refractivity contribution in [1.82, 2.24) is 5.32 Å². The molecule has 4 nitrogen and oxygen atoms in total. The third-order valence-corrected chi connectivity index (χ3v) is 2.26. The molecule has 0 bridgehead atoms. The second-order valence-electron chi connectivity index (χ2n) is 4.23. The van der Waals surface area contributed by atoms with Crippen LogP contribution in [0.3, 0.4) is 0 Å². The molecule has 0 unspecified atom stereocenters. The van der Waals surface area contributed by atoms with Crippen LogP contribution >= 0.6 is 0 Å². The van der Waals surface area contributed by atoms with Gasteiger partial charge in [0, 0.05) is 11.6 Å². The number of hydrogen-bond acceptors (Lipinski definition) is 3. The lowest BCUT2D eigenvalue weighted by Crippen LogP contribution is -2.34. The number of amides is 1. The molecule has 1 aromatic rings. The molecule has 0 radical (unpaired) electrons. The smallest absolute Gasteiger partial charge is 0.258 e. The number of aryl methyl sites for hydroxylation is 1. The minimum atomic E-state index is -0.160. The predicted molar refractivity (Wildman–Crippen MR) is 65.9 cm³/mol. The van der Waals surface area contributed by atoms with Crippen molar-refractivity contribution >= 4 is 5.91 Å². The van der Waals surface area contributed by atoms with E-state index in [0.717, 1.165) is 5.56 Å². The molecule has 1 aromatic carbocycles. The summed E-state index contributed by atoms with van der Waals surface area (Å²) in [6.07, 6.45) is 0. The Morgan fingerprint density at radius 2 is 2.18 bits per heavy atom. The van der Waals surface area contributed by atoms with Crippen LogP contribution < -0.4 is 10.1 Å². The lowest BCUT2D eigenvalue weighted by Gasteiger charge is -2.13. The van der Waals surface area contributed by atoms with Crippen LogP contribution in [0.2, 0.25) is 0 Å². The quantitative estimate of drug-likeness (QED) is 0.813. The summed E-state index contributed by atoms with van der Waals surface area (Å²) in [7, 11) is 0. The number of hydrogen-bond donors (Lipinski definition) is 2. The number of ether oxygens (including phenoxy) is 1. The van der Waals surface area contributed by atoms with Crippen molar-refractivity contribution in [2.75, 3.05) is 6.61 Å². The summed E-state index contributed by atoms with van der Waals surface area (Å²) in [5, 5.41) is 11.9. The fourth-order valence-corrected chi connectivity index (χ4v) is 1.55. The Kier molecular flexibility index (Phi) is 4.97. The second-order valence-corrected chi connectivity index (χ2v) is 4.23. The van der Waals surface area contributed by atoms with E-state index in [-0.39, 0.29) is 25.2 Å². The topological polar surface area (TPSA) is 58.6 Å². The van der Waals surface area contributed by atoms with Gasteiger partial charge in [-0.25, -0.2) is 0 Å². The molecule has 0 spiro atoms. The fourth-order valence-electron chi connectivity index (χ4n) is 1.55. The van der Waals surface area contributed by atoms with Crippen molar-refractivity contribution in [3.05, 3.63) is 29.3 Å². The molecule has 0 atom stereocenters. The molecule has 0 aromatic heterocycles. The normalized spacial score (nSPS) is 10.4. The zero-order valence-electron chi connectivity index (χ0n) is 10.5. The van der Waals surface area contributed by atoms with Crippen molar-refractivity contribution in [1.29, 1.82) is 0 Å². The number of benzene rings is 1. The van der Waals surface area contributed by atoms with Gasteiger partial charge in [-0.05, 0) is 26.3 Å². The standard InChI is InChI=1S/C13H19NO3/c1-9(2)14-12(16)8-17-13-10(3)5-4-6-11(13)7-15/h4-6,9,15H,7-8H2,1-3H3,(H,14,16). The van der Waals surface area contributed by atoms with Crippen molar-refractivity contribution in [2.24, 2.45) is 0 Å². The lowest BCUT2D eigenvalue weighted by molar-refractivity contribution is -0.123. The lowest BCUT2D eigenvalue weighted by atomic mass is 10.1. The summed E-state index contributed by atoms with van der Waals surface area (Å²) in [6, 6.07) is 5.61. The van der Waals surface area contributed by atoms with Gasteiger partial charge in [0.05, 0.1) is 6.61 Å². The molecule has 1 amide bonds. The molecule has 0 heterocycles. The molecule has 1 rings (SSSR count). The van der Waals surface area contributed by atoms with Crippen LogP contribution in [0.5, 0.6) is 5.75 Å². The SMILES string of the molecule is Cc1cccc(CO)c1OCC(=O)NC(C)C. The third kappa shape index (κ3) is 4.07. The van der Waals surface area contributed by atoms with Crippen LogP contribution in [0, 0.1) is 6.92 Å². The van der Waals surface area contributed by atoms with Gasteiger partial charge in [0.2, 0.25) is 0 Å². The van der Waals surface area contributed by atoms with Gasteiger partial charge in [-0.1, -0.05) is 18.2 Å². The van der Waals surface area contributed by atoms with E-state index in [0.29, 0.717) is 11.3 Å². The van der Waals surface area contributed by atoms with Crippen LogP contribution in [0.15, 0.2) is 18.2 Å². The zero-order chi connectivity index (χ0) is 12.8. The highest BCUT2D eigenvalue weighted by molar-refractivity contribution is 5.77. The van der Waals surface area contributed by atoms with Crippen molar-refractivity contribution in [2.45, 2.75) is 33.4 Å². The number of aliphatic hydroxyl groups excluding tert-OH is 1. The second kappa shape index (κ2) is 6.25. The Morgan fingerprint density at radius 3 is 2.76 bits per heavy atom. The van der Waals surface area contributed by atoms with Crippen LogP contribution in [-0.2, 0) is 11.4 Å². The van der Waals surface area contributed by atoms with E-state index < -0.39 is 0 Å². The van der Waals surface area contributed by atoms with Gasteiger partial charge in [0.15, 0.2) is 6.61 Å². The summed E-state index contributed by atoms with van der Waals surface area (Å²) in [4.78, 5) is 11.4. The first-order valence-electron chi connectivity index (χ1n) is 5.66. The van der Waals surface area contributed by atoms with Gasteiger partial charge in [-0.2, -0.15) is 0 Å². The average molecular weight is 237 g/mol. The van der Waals surface area contributed by atoms with E-state index in [1.165, 1.54) is 0 Å². The Balaban J connectivity index is 2.65. The van der Waals surface area contributed by atoms with E-state index in [4.69, 9.17) is 4.74 Å². The maximum atomic E-state index is 11.4. The molecule has 0 saturated heterocycles. The van der Waals surface area contributed by atoms with Crippen molar-refractivity contribution in [3.63, 3.8) is 0 Å². The first-order valence-corrected chi connectivity index (χ1v) is 5.66. The Bertz CT molecular complexity index is 388. The minimum absolute atomic E-state index is 0.0317. The average Bonchev–Trinajstić information content (AvgIpc) is 2.26. The Hall–Kier alpha value is -1.55. The largest absolute Gasteiger partial charge is 0.483 e. The highest BCUT2D eigenvalue weighted by Gasteiger charge is 2.09. The molecule has 2 N–H and O–H groups in total. The van der Waals surface area contributed by atoms with Crippen LogP contribution in [0.25, 0.3) is 0 Å². The third-order valence-electron chi connectivity index (χ3n) is 2.26. The summed E-state index contributed by atoms with van der Waals surface area (Å²) in [5.74, 6) is 0.432. The zero-order valence-corrected chi connectivity index (χ0v) is 10.5. The Labute approximate surface area is 102 Å². The maximum Gasteiger partial charge on any atom is 0.258 e. The first kappa shape index (κ1) is 13.5. The molecule has 17 heavy (non-hydrogen) atoms. The van der Waals surface area contributed by atoms with E-state index in [1.54, 1.807) is 6.07 Å². The van der Waals surface area contributed by atoms with Gasteiger partial charge in [-0.3, -0.25) is 4.79 Å². The number of aliphatic hydroxyl groups is 1. The highest BCUT2D eigenvalue weighted by atomic mass is 16.5. The Morgan fingerprint density at radius 1 is 1.47 bits per heavy atom. The van der Waals surface area contributed by atoms with E-state index in [1.807, 2.05) is 32.9 Å². The molecular formula is C13H19NO3. The molecule has 0 saturated carbocycles. The molecule has 0 aliphatic carbocycles. The predicted octanol–water partition coefficient (Wildman–Crippen LogP) is 1.39. The molecule has 94 valence electrons. The molecule has 0 fully saturated rings. The summed E-state index contributed by atoms with van der Waals surface area (Å²) >= 11 is 0. The summed E-state index contributed by atoms with van der Waals surface area (Å²) in [5.41, 5.74) is 1.61. The van der Waals surface area contributed by atoms with Crippen LogP contribution in [0.1, 0.15) is 25.0 Å². The number of para-hydroxylation sites is 1. The molecule has 0 aliphatic rings. The summed E-state index contributed by atoms with van der Waals surface area (Å²) in [6.45, 7) is 5.54. The fraction of sp³-hybridized carbons (Fsp3) is 0.462. The number of rotatable bonds is 5. The molecule has 0 aliphatic heterocycles. The van der Waals surface area contributed by atoms with E-state index in [2.05, 4.69) is 5.32 Å². The molecular weight excluding hydrogens is 218 g/mol. The van der Waals surface area contributed by atoms with Gasteiger partial charge in [0.25, 0.3) is 5.91 Å². The number of nitrogens with one attached hydrogen (secondary N) is 1. The van der Waals surface area contributed by atoms with Gasteiger partial charge in [-0.15, -0.1) is 0 Å². The molecule has 4 heteroatoms. The monoisotopic (exact) mass is 237 g/mol.